The molecule has 0 bridgehead atoms. The molecule has 0 saturated heterocycles. The number of hydrogen-bond donors (Lipinski definition) is 0. The van der Waals surface area contributed by atoms with Crippen molar-refractivity contribution in [1.82, 2.24) is 9.38 Å². The molecule has 5 nitrogen and oxygen atoms in total. The molecule has 2 aromatic heterocycles. The van der Waals surface area contributed by atoms with Gasteiger partial charge in [-0.2, -0.15) is 0 Å². The van der Waals surface area contributed by atoms with E-state index in [0.717, 1.165) is 11.3 Å². The molecular formula is C16H18N2O3. The van der Waals surface area contributed by atoms with Gasteiger partial charge in [0, 0.05) is 25.2 Å². The van der Waals surface area contributed by atoms with Crippen molar-refractivity contribution in [2.75, 3.05) is 0 Å². The molecule has 21 heavy (non-hydrogen) atoms. The molecule has 110 valence electrons. The normalized spacial score (nSPS) is 22.4. The largest absolute Gasteiger partial charge is 0.459 e. The minimum Gasteiger partial charge on any atom is -0.459 e. The smallest absolute Gasteiger partial charge is 0.309 e. The van der Waals surface area contributed by atoms with E-state index >= 15 is 0 Å². The maximum Gasteiger partial charge on any atom is 0.309 e. The number of rotatable bonds is 3. The number of esters is 1. The Morgan fingerprint density at radius 2 is 2.33 bits per heavy atom. The number of ether oxygens (including phenoxy) is 1. The fraction of sp³-hybridized carbons (Fsp3) is 0.438. The zero-order valence-electron chi connectivity index (χ0n) is 12.0. The molecule has 1 aliphatic rings. The predicted octanol–water partition coefficient (Wildman–Crippen LogP) is 2.38. The first-order valence-corrected chi connectivity index (χ1v) is 7.24. The molecule has 1 aliphatic carbocycles. The van der Waals surface area contributed by atoms with Gasteiger partial charge in [0.05, 0.1) is 11.6 Å². The Hall–Kier alpha value is -2.17. The summed E-state index contributed by atoms with van der Waals surface area (Å²) in [6.45, 7) is 2.12. The Kier molecular flexibility index (Phi) is 3.73. The molecule has 0 aliphatic heterocycles. The summed E-state index contributed by atoms with van der Waals surface area (Å²) in [5.74, 6) is -0.0708. The number of carbonyl (C=O) groups is 2. The summed E-state index contributed by atoms with van der Waals surface area (Å²) in [6.07, 6.45) is 5.33. The van der Waals surface area contributed by atoms with Gasteiger partial charge in [0.15, 0.2) is 0 Å². The maximum absolute atomic E-state index is 12.1. The average molecular weight is 286 g/mol. The molecule has 0 unspecified atom stereocenters. The molecule has 1 fully saturated rings. The number of aromatic nitrogens is 2. The highest BCUT2D eigenvalue weighted by molar-refractivity contribution is 5.83. The molecule has 0 amide bonds. The summed E-state index contributed by atoms with van der Waals surface area (Å²) < 4.78 is 7.27. The van der Waals surface area contributed by atoms with Crippen LogP contribution in [0, 0.1) is 11.8 Å². The minimum absolute atomic E-state index is 0.0693. The molecule has 0 N–H and O–H groups in total. The lowest BCUT2D eigenvalue weighted by Crippen LogP contribution is -2.30. The van der Waals surface area contributed by atoms with Crippen LogP contribution < -0.4 is 0 Å². The molecule has 0 radical (unpaired) electrons. The van der Waals surface area contributed by atoms with Crippen LogP contribution in [0.4, 0.5) is 0 Å². The van der Waals surface area contributed by atoms with Gasteiger partial charge in [0.25, 0.3) is 0 Å². The van der Waals surface area contributed by atoms with Gasteiger partial charge in [-0.25, -0.2) is 4.98 Å². The van der Waals surface area contributed by atoms with Crippen molar-refractivity contribution in [1.29, 1.82) is 0 Å². The van der Waals surface area contributed by atoms with E-state index in [4.69, 9.17) is 4.74 Å². The quantitative estimate of drug-likeness (QED) is 0.813. The van der Waals surface area contributed by atoms with Gasteiger partial charge in [-0.15, -0.1) is 0 Å². The number of imidazole rings is 1. The lowest BCUT2D eigenvalue weighted by Gasteiger charge is -2.25. The highest BCUT2D eigenvalue weighted by atomic mass is 16.5. The molecule has 5 heteroatoms. The molecule has 0 aromatic carbocycles. The standard InChI is InChI=1S/C16H18N2O3/c1-11-8-13(19)5-6-14(11)16(20)21-10-12-9-18-7-3-2-4-15(18)17-12/h2-4,7,9,11,14H,5-6,8,10H2,1H3/t11-,14+/m0/s1. The highest BCUT2D eigenvalue weighted by Gasteiger charge is 2.32. The van der Waals surface area contributed by atoms with Crippen LogP contribution >= 0.6 is 0 Å². The summed E-state index contributed by atoms with van der Waals surface area (Å²) in [6, 6.07) is 5.74. The van der Waals surface area contributed by atoms with Gasteiger partial charge >= 0.3 is 5.97 Å². The molecule has 2 heterocycles. The first-order valence-electron chi connectivity index (χ1n) is 7.24. The summed E-state index contributed by atoms with van der Waals surface area (Å²) in [7, 11) is 0. The summed E-state index contributed by atoms with van der Waals surface area (Å²) in [5, 5.41) is 0. The zero-order valence-corrected chi connectivity index (χ0v) is 12.0. The number of hydrogen-bond acceptors (Lipinski definition) is 4. The fourth-order valence-electron chi connectivity index (χ4n) is 2.86. The average Bonchev–Trinajstić information content (AvgIpc) is 2.87. The van der Waals surface area contributed by atoms with Crippen molar-refractivity contribution >= 4 is 17.4 Å². The molecule has 1 saturated carbocycles. The van der Waals surface area contributed by atoms with Crippen LogP contribution in [-0.4, -0.2) is 21.1 Å². The minimum atomic E-state index is -0.216. The third kappa shape index (κ3) is 2.96. The van der Waals surface area contributed by atoms with E-state index in [1.54, 1.807) is 0 Å². The van der Waals surface area contributed by atoms with Crippen LogP contribution in [-0.2, 0) is 20.9 Å². The Labute approximate surface area is 122 Å². The molecule has 3 rings (SSSR count). The summed E-state index contributed by atoms with van der Waals surface area (Å²) >= 11 is 0. The number of fused-ring (bicyclic) bond motifs is 1. The van der Waals surface area contributed by atoms with Crippen molar-refractivity contribution in [3.8, 4) is 0 Å². The molecular weight excluding hydrogens is 268 g/mol. The Balaban J connectivity index is 1.61. The molecule has 0 spiro atoms. The second kappa shape index (κ2) is 5.68. The first-order chi connectivity index (χ1) is 10.1. The van der Waals surface area contributed by atoms with Gasteiger partial charge in [-0.3, -0.25) is 9.59 Å². The lowest BCUT2D eigenvalue weighted by atomic mass is 9.80. The number of pyridine rings is 1. The van der Waals surface area contributed by atoms with Gasteiger partial charge < -0.3 is 9.14 Å². The van der Waals surface area contributed by atoms with Gasteiger partial charge in [-0.05, 0) is 24.5 Å². The van der Waals surface area contributed by atoms with Crippen molar-refractivity contribution in [3.05, 3.63) is 36.3 Å². The van der Waals surface area contributed by atoms with Crippen LogP contribution in [0.2, 0.25) is 0 Å². The summed E-state index contributed by atoms with van der Waals surface area (Å²) in [4.78, 5) is 27.9. The number of Topliss-reactive ketones (excluding diaryl/α,β-unsaturated/α-hetero) is 1. The van der Waals surface area contributed by atoms with Gasteiger partial charge in [-0.1, -0.05) is 13.0 Å². The topological polar surface area (TPSA) is 60.7 Å². The third-order valence-electron chi connectivity index (χ3n) is 4.05. The van der Waals surface area contributed by atoms with E-state index in [1.807, 2.05) is 41.9 Å². The Morgan fingerprint density at radius 1 is 1.48 bits per heavy atom. The highest BCUT2D eigenvalue weighted by Crippen LogP contribution is 2.28. The van der Waals surface area contributed by atoms with Crippen LogP contribution in [0.15, 0.2) is 30.6 Å². The lowest BCUT2D eigenvalue weighted by molar-refractivity contribution is -0.153. The second-order valence-corrected chi connectivity index (χ2v) is 5.67. The van der Waals surface area contributed by atoms with Crippen molar-refractivity contribution < 1.29 is 14.3 Å². The molecule has 2 atom stereocenters. The monoisotopic (exact) mass is 286 g/mol. The van der Waals surface area contributed by atoms with E-state index < -0.39 is 0 Å². The van der Waals surface area contributed by atoms with Gasteiger partial charge in [0.1, 0.15) is 18.0 Å². The van der Waals surface area contributed by atoms with Crippen LogP contribution in [0.3, 0.4) is 0 Å². The van der Waals surface area contributed by atoms with Crippen molar-refractivity contribution in [3.63, 3.8) is 0 Å². The number of carbonyl (C=O) groups excluding carboxylic acids is 2. The van der Waals surface area contributed by atoms with E-state index in [1.165, 1.54) is 0 Å². The summed E-state index contributed by atoms with van der Waals surface area (Å²) in [5.41, 5.74) is 1.56. The van der Waals surface area contributed by atoms with Crippen molar-refractivity contribution in [2.45, 2.75) is 32.8 Å². The predicted molar refractivity (Wildman–Crippen MR) is 76.5 cm³/mol. The van der Waals surface area contributed by atoms with E-state index in [9.17, 15) is 9.59 Å². The third-order valence-corrected chi connectivity index (χ3v) is 4.05. The zero-order chi connectivity index (χ0) is 14.8. The maximum atomic E-state index is 12.1. The number of nitrogens with zero attached hydrogens (tertiary/aromatic N) is 2. The Bertz CT molecular complexity index is 644. The van der Waals surface area contributed by atoms with E-state index in [0.29, 0.717) is 19.3 Å². The van der Waals surface area contributed by atoms with Crippen LogP contribution in [0.5, 0.6) is 0 Å². The van der Waals surface area contributed by atoms with Crippen LogP contribution in [0.1, 0.15) is 31.9 Å². The second-order valence-electron chi connectivity index (χ2n) is 5.67. The molecule has 2 aromatic rings. The number of ketones is 1. The SMILES string of the molecule is C[C@H]1CC(=O)CC[C@H]1C(=O)OCc1cn2ccccc2n1. The van der Waals surface area contributed by atoms with E-state index in [2.05, 4.69) is 4.98 Å². The Morgan fingerprint density at radius 3 is 3.10 bits per heavy atom. The van der Waals surface area contributed by atoms with E-state index in [-0.39, 0.29) is 30.2 Å². The fourth-order valence-corrected chi connectivity index (χ4v) is 2.86. The first kappa shape index (κ1) is 13.8. The van der Waals surface area contributed by atoms with Crippen molar-refractivity contribution in [2.24, 2.45) is 11.8 Å². The van der Waals surface area contributed by atoms with Crippen LogP contribution in [0.25, 0.3) is 5.65 Å². The van der Waals surface area contributed by atoms with Gasteiger partial charge in [0.2, 0.25) is 0 Å².